The van der Waals surface area contributed by atoms with Gasteiger partial charge in [-0.3, -0.25) is 18.4 Å². The van der Waals surface area contributed by atoms with Gasteiger partial charge in [0.1, 0.15) is 0 Å². The van der Waals surface area contributed by atoms with E-state index in [0.29, 0.717) is 29.0 Å². The summed E-state index contributed by atoms with van der Waals surface area (Å²) < 4.78 is 10.6. The van der Waals surface area contributed by atoms with Crippen molar-refractivity contribution in [2.24, 2.45) is 7.05 Å². The molecule has 5 aromatic rings. The Morgan fingerprint density at radius 3 is 2.56 bits per heavy atom. The van der Waals surface area contributed by atoms with E-state index in [-0.39, 0.29) is 12.2 Å². The van der Waals surface area contributed by atoms with Gasteiger partial charge in [-0.2, -0.15) is 5.10 Å². The lowest BCUT2D eigenvalue weighted by molar-refractivity contribution is -0.139. The van der Waals surface area contributed by atoms with Crippen LogP contribution in [0.25, 0.3) is 22.8 Å². The maximum absolute atomic E-state index is 12.6. The van der Waals surface area contributed by atoms with Gasteiger partial charge >= 0.3 is 5.97 Å². The number of aryl methyl sites for hydroxylation is 3. The number of aromatic nitrogens is 6. The summed E-state index contributed by atoms with van der Waals surface area (Å²) >= 11 is 0. The number of ether oxygens (including phenoxy) is 1. The summed E-state index contributed by atoms with van der Waals surface area (Å²) in [4.78, 5) is 25.1. The molecule has 0 atom stereocenters. The average molecular weight is 483 g/mol. The first kappa shape index (κ1) is 23.2. The molecule has 0 radical (unpaired) electrons. The number of fused-ring (bicyclic) bond motifs is 3. The van der Waals surface area contributed by atoms with Gasteiger partial charge in [0.15, 0.2) is 12.4 Å². The van der Waals surface area contributed by atoms with Crippen LogP contribution in [0.5, 0.6) is 0 Å². The van der Waals surface area contributed by atoms with Crippen molar-refractivity contribution < 1.29 is 9.53 Å². The van der Waals surface area contributed by atoms with Gasteiger partial charge in [0.25, 0.3) is 5.56 Å². The fourth-order valence-electron chi connectivity index (χ4n) is 4.29. The second kappa shape index (κ2) is 9.26. The van der Waals surface area contributed by atoms with Crippen molar-refractivity contribution >= 4 is 28.7 Å². The van der Waals surface area contributed by atoms with Crippen LogP contribution in [0.4, 0.5) is 0 Å². The topological polar surface area (TPSA) is 96.3 Å². The van der Waals surface area contributed by atoms with Gasteiger partial charge < -0.3 is 4.74 Å². The largest absolute Gasteiger partial charge is 0.454 e. The molecule has 182 valence electrons. The molecule has 3 aromatic heterocycles. The highest BCUT2D eigenvalue weighted by Gasteiger charge is 2.16. The van der Waals surface area contributed by atoms with E-state index in [1.165, 1.54) is 16.2 Å². The first-order chi connectivity index (χ1) is 17.3. The van der Waals surface area contributed by atoms with Crippen LogP contribution in [0.2, 0.25) is 0 Å². The van der Waals surface area contributed by atoms with Crippen molar-refractivity contribution in [1.82, 2.24) is 28.9 Å². The zero-order chi connectivity index (χ0) is 25.4. The molecular formula is C27H26N6O3. The molecule has 0 N–H and O–H groups in total. The van der Waals surface area contributed by atoms with Crippen molar-refractivity contribution in [3.05, 3.63) is 98.9 Å². The summed E-state index contributed by atoms with van der Waals surface area (Å²) in [5, 5.41) is 13.4. The molecule has 2 aromatic carbocycles. The minimum absolute atomic E-state index is 0.0861. The predicted octanol–water partition coefficient (Wildman–Crippen LogP) is 3.51. The van der Waals surface area contributed by atoms with E-state index >= 15 is 0 Å². The first-order valence-corrected chi connectivity index (χ1v) is 11.6. The minimum Gasteiger partial charge on any atom is -0.454 e. The van der Waals surface area contributed by atoms with Crippen LogP contribution >= 0.6 is 0 Å². The molecular weight excluding hydrogens is 456 g/mol. The van der Waals surface area contributed by atoms with E-state index in [9.17, 15) is 9.59 Å². The predicted molar refractivity (Wildman–Crippen MR) is 137 cm³/mol. The summed E-state index contributed by atoms with van der Waals surface area (Å²) in [7, 11) is 1.64. The van der Waals surface area contributed by atoms with Crippen molar-refractivity contribution in [1.29, 1.82) is 0 Å². The highest BCUT2D eigenvalue weighted by atomic mass is 16.5. The monoisotopic (exact) mass is 482 g/mol. The average Bonchev–Trinajstić information content (AvgIpc) is 3.42. The van der Waals surface area contributed by atoms with E-state index in [1.807, 2.05) is 30.7 Å². The van der Waals surface area contributed by atoms with Gasteiger partial charge in [-0.1, -0.05) is 42.0 Å². The molecule has 0 spiro atoms. The van der Waals surface area contributed by atoms with Crippen LogP contribution in [0, 0.1) is 20.8 Å². The summed E-state index contributed by atoms with van der Waals surface area (Å²) in [6.45, 7) is 6.53. The molecule has 3 heterocycles. The van der Waals surface area contributed by atoms with Crippen molar-refractivity contribution in [3.63, 3.8) is 0 Å². The molecule has 0 saturated carbocycles. The molecule has 5 rings (SSSR count). The van der Waals surface area contributed by atoms with Crippen LogP contribution in [0.3, 0.4) is 0 Å². The molecule has 0 aliphatic carbocycles. The van der Waals surface area contributed by atoms with Gasteiger partial charge in [-0.25, -0.2) is 4.79 Å². The Labute approximate surface area is 207 Å². The Balaban J connectivity index is 1.33. The van der Waals surface area contributed by atoms with E-state index in [4.69, 9.17) is 4.74 Å². The maximum Gasteiger partial charge on any atom is 0.331 e. The van der Waals surface area contributed by atoms with E-state index in [2.05, 4.69) is 46.5 Å². The van der Waals surface area contributed by atoms with Gasteiger partial charge in [0.2, 0.25) is 5.78 Å². The highest BCUT2D eigenvalue weighted by Crippen LogP contribution is 2.18. The molecule has 9 heteroatoms. The quantitative estimate of drug-likeness (QED) is 0.271. The molecule has 0 bridgehead atoms. The maximum atomic E-state index is 12.6. The van der Waals surface area contributed by atoms with Crippen LogP contribution < -0.4 is 5.56 Å². The van der Waals surface area contributed by atoms with E-state index in [1.54, 1.807) is 29.7 Å². The van der Waals surface area contributed by atoms with Crippen LogP contribution in [0.15, 0.2) is 59.4 Å². The van der Waals surface area contributed by atoms with E-state index < -0.39 is 5.97 Å². The third-order valence-corrected chi connectivity index (χ3v) is 6.31. The molecule has 0 saturated heterocycles. The Morgan fingerprint density at radius 1 is 1.03 bits per heavy atom. The second-order valence-corrected chi connectivity index (χ2v) is 8.80. The summed E-state index contributed by atoms with van der Waals surface area (Å²) in [5.74, 6) is 0.301. The SMILES string of the molecule is Cc1ccc(Cn2nc(C)c(/C=C/C(=O)OCc3nnc4n(C)c(=O)c5ccccc5n34)c2C)cc1. The molecule has 0 aliphatic heterocycles. The Kier molecular flexibility index (Phi) is 5.97. The molecule has 0 unspecified atom stereocenters. The Hall–Kier alpha value is -4.53. The normalized spacial score (nSPS) is 11.7. The summed E-state index contributed by atoms with van der Waals surface area (Å²) in [5.41, 5.74) is 5.55. The van der Waals surface area contributed by atoms with Gasteiger partial charge in [-0.05, 0) is 44.5 Å². The number of para-hydroxylation sites is 1. The number of benzene rings is 2. The minimum atomic E-state index is -0.508. The number of rotatable bonds is 6. The Morgan fingerprint density at radius 2 is 1.78 bits per heavy atom. The van der Waals surface area contributed by atoms with Crippen LogP contribution in [-0.4, -0.2) is 34.9 Å². The lowest BCUT2D eigenvalue weighted by Crippen LogP contribution is -2.20. The number of carbonyl (C=O) groups is 1. The molecule has 0 amide bonds. The fraction of sp³-hybridized carbons (Fsp3) is 0.222. The molecule has 9 nitrogen and oxygen atoms in total. The number of carbonyl (C=O) groups excluding carboxylic acids is 1. The Bertz CT molecular complexity index is 1690. The number of hydrogen-bond acceptors (Lipinski definition) is 6. The molecule has 36 heavy (non-hydrogen) atoms. The third-order valence-electron chi connectivity index (χ3n) is 6.31. The zero-order valence-corrected chi connectivity index (χ0v) is 20.6. The third kappa shape index (κ3) is 4.19. The van der Waals surface area contributed by atoms with Gasteiger partial charge in [0, 0.05) is 24.4 Å². The fourth-order valence-corrected chi connectivity index (χ4v) is 4.29. The molecule has 0 fully saturated rings. The van der Waals surface area contributed by atoms with Crippen LogP contribution in [-0.2, 0) is 29.7 Å². The number of nitrogens with zero attached hydrogens (tertiary/aromatic N) is 6. The first-order valence-electron chi connectivity index (χ1n) is 11.6. The number of hydrogen-bond donors (Lipinski definition) is 0. The standard InChI is InChI=1S/C27H26N6O3/c1-17-9-11-20(12-10-17)15-32-19(3)21(18(2)30-32)13-14-25(34)36-16-24-28-29-27-31(4)26(35)22-7-5-6-8-23(22)33(24)27/h5-14H,15-16H2,1-4H3/b14-13+. The highest BCUT2D eigenvalue weighted by molar-refractivity contribution is 5.87. The van der Waals surface area contributed by atoms with Crippen molar-refractivity contribution in [2.75, 3.05) is 0 Å². The van der Waals surface area contributed by atoms with Crippen LogP contribution in [0.1, 0.15) is 33.9 Å². The number of esters is 1. The molecule has 0 aliphatic rings. The summed E-state index contributed by atoms with van der Waals surface area (Å²) in [6.07, 6.45) is 3.12. The van der Waals surface area contributed by atoms with Gasteiger partial charge in [-0.15, -0.1) is 10.2 Å². The summed E-state index contributed by atoms with van der Waals surface area (Å²) in [6, 6.07) is 15.6. The van der Waals surface area contributed by atoms with Crippen molar-refractivity contribution in [3.8, 4) is 0 Å². The second-order valence-electron chi connectivity index (χ2n) is 8.80. The lowest BCUT2D eigenvalue weighted by Gasteiger charge is -2.07. The smallest absolute Gasteiger partial charge is 0.331 e. The van der Waals surface area contributed by atoms with Crippen molar-refractivity contribution in [2.45, 2.75) is 33.9 Å². The lowest BCUT2D eigenvalue weighted by atomic mass is 10.1. The zero-order valence-electron chi connectivity index (χ0n) is 20.6. The van der Waals surface area contributed by atoms with E-state index in [0.717, 1.165) is 22.5 Å². The van der Waals surface area contributed by atoms with Gasteiger partial charge in [0.05, 0.1) is 23.1 Å².